The molecule has 2 N–H and O–H groups in total. The third-order valence-corrected chi connectivity index (χ3v) is 9.40. The molecule has 0 saturated heterocycles. The van der Waals surface area contributed by atoms with Crippen LogP contribution in [0.2, 0.25) is 0 Å². The molecule has 0 aliphatic heterocycles. The molecule has 2 aliphatic carbocycles. The molecular weight excluding hydrogens is 466 g/mol. The lowest BCUT2D eigenvalue weighted by Gasteiger charge is -2.35. The number of benzene rings is 2. The van der Waals surface area contributed by atoms with Gasteiger partial charge in [0.1, 0.15) is 12.4 Å². The quantitative estimate of drug-likeness (QED) is 0.383. The standard InChI is InChI=1S/C26H29N3O5S/c1-16-13-19(22-5-3-4-6-23(22)27-16)15-34-20-9-11-21(12-10-20)35(32,33)29(2)25-18-8-7-17(14-18)24(25)26(30)28-31/h3-6,9-13,17-18,24-25,31H,7-8,14-15H2,1-2H3,(H,28,30)/t17-,18+,24-,25+/m0/s1. The number of carbonyl (C=O) groups excluding carboxylic acids is 1. The average Bonchev–Trinajstić information content (AvgIpc) is 3.48. The molecule has 9 heteroatoms. The van der Waals surface area contributed by atoms with Crippen LogP contribution in [0.15, 0.2) is 59.5 Å². The van der Waals surface area contributed by atoms with E-state index < -0.39 is 27.9 Å². The highest BCUT2D eigenvalue weighted by molar-refractivity contribution is 7.89. The molecule has 3 aromatic rings. The minimum absolute atomic E-state index is 0.0958. The molecule has 1 aromatic heterocycles. The SMILES string of the molecule is Cc1cc(COc2ccc(S(=O)(=O)N(C)[C@@H]3[C@@H]4CC[C@@H](C4)[C@@H]3C(=O)NO)cc2)c2ccccc2n1. The Bertz CT molecular complexity index is 1360. The van der Waals surface area contributed by atoms with E-state index in [1.807, 2.05) is 37.3 Å². The Morgan fingerprint density at radius 3 is 2.60 bits per heavy atom. The van der Waals surface area contributed by atoms with Crippen molar-refractivity contribution in [1.82, 2.24) is 14.8 Å². The lowest BCUT2D eigenvalue weighted by Crippen LogP contribution is -2.50. The second-order valence-electron chi connectivity index (χ2n) is 9.55. The number of aryl methyl sites for hydroxylation is 1. The lowest BCUT2D eigenvalue weighted by molar-refractivity contribution is -0.136. The molecule has 35 heavy (non-hydrogen) atoms. The monoisotopic (exact) mass is 495 g/mol. The van der Waals surface area contributed by atoms with Crippen molar-refractivity contribution in [2.75, 3.05) is 7.05 Å². The van der Waals surface area contributed by atoms with Gasteiger partial charge in [-0.2, -0.15) is 4.31 Å². The fourth-order valence-corrected chi connectivity index (χ4v) is 7.37. The maximum atomic E-state index is 13.4. The van der Waals surface area contributed by atoms with E-state index in [2.05, 4.69) is 4.98 Å². The lowest BCUT2D eigenvalue weighted by atomic mass is 9.84. The Labute approximate surface area is 204 Å². The molecule has 2 bridgehead atoms. The van der Waals surface area contributed by atoms with Gasteiger partial charge >= 0.3 is 0 Å². The van der Waals surface area contributed by atoms with Gasteiger partial charge in [0.2, 0.25) is 15.9 Å². The van der Waals surface area contributed by atoms with E-state index in [0.29, 0.717) is 12.4 Å². The second-order valence-corrected chi connectivity index (χ2v) is 11.5. The van der Waals surface area contributed by atoms with Crippen LogP contribution in [-0.4, -0.2) is 41.9 Å². The van der Waals surface area contributed by atoms with E-state index in [9.17, 15) is 18.4 Å². The molecule has 5 rings (SSSR count). The number of hydrogen-bond donors (Lipinski definition) is 2. The van der Waals surface area contributed by atoms with Crippen LogP contribution < -0.4 is 10.2 Å². The number of hydroxylamine groups is 1. The Balaban J connectivity index is 1.33. The van der Waals surface area contributed by atoms with Crippen molar-refractivity contribution in [3.8, 4) is 5.75 Å². The third kappa shape index (κ3) is 4.28. The maximum Gasteiger partial charge on any atom is 0.248 e. The van der Waals surface area contributed by atoms with Crippen molar-refractivity contribution < 1.29 is 23.2 Å². The van der Waals surface area contributed by atoms with Crippen LogP contribution in [0.25, 0.3) is 10.9 Å². The molecule has 184 valence electrons. The Morgan fingerprint density at radius 1 is 1.14 bits per heavy atom. The van der Waals surface area contributed by atoms with Crippen LogP contribution in [0.4, 0.5) is 0 Å². The molecular formula is C26H29N3O5S. The number of ether oxygens (including phenoxy) is 1. The number of para-hydroxylation sites is 1. The first-order valence-corrected chi connectivity index (χ1v) is 13.2. The first kappa shape index (κ1) is 23.7. The van der Waals surface area contributed by atoms with E-state index >= 15 is 0 Å². The Hall–Kier alpha value is -3.01. The van der Waals surface area contributed by atoms with Gasteiger partial charge in [0.15, 0.2) is 0 Å². The summed E-state index contributed by atoms with van der Waals surface area (Å²) in [7, 11) is -2.30. The zero-order chi connectivity index (χ0) is 24.7. The van der Waals surface area contributed by atoms with Gasteiger partial charge in [-0.25, -0.2) is 13.9 Å². The number of fused-ring (bicyclic) bond motifs is 3. The third-order valence-electron chi connectivity index (χ3n) is 7.53. The maximum absolute atomic E-state index is 13.4. The van der Waals surface area contributed by atoms with E-state index in [4.69, 9.17) is 4.74 Å². The van der Waals surface area contributed by atoms with Crippen molar-refractivity contribution in [2.45, 2.75) is 43.7 Å². The minimum atomic E-state index is -3.83. The highest BCUT2D eigenvalue weighted by atomic mass is 32.2. The summed E-state index contributed by atoms with van der Waals surface area (Å²) in [6.45, 7) is 2.27. The average molecular weight is 496 g/mol. The second kappa shape index (κ2) is 9.22. The molecule has 8 nitrogen and oxygen atoms in total. The van der Waals surface area contributed by atoms with Gasteiger partial charge in [0.25, 0.3) is 0 Å². The minimum Gasteiger partial charge on any atom is -0.489 e. The molecule has 2 fully saturated rings. The van der Waals surface area contributed by atoms with Gasteiger partial charge in [-0.1, -0.05) is 18.2 Å². The Morgan fingerprint density at radius 2 is 1.86 bits per heavy atom. The highest BCUT2D eigenvalue weighted by Crippen LogP contribution is 2.51. The largest absolute Gasteiger partial charge is 0.489 e. The predicted octanol–water partition coefficient (Wildman–Crippen LogP) is 3.66. The highest BCUT2D eigenvalue weighted by Gasteiger charge is 2.54. The van der Waals surface area contributed by atoms with Crippen molar-refractivity contribution in [3.05, 3.63) is 65.9 Å². The van der Waals surface area contributed by atoms with Crippen LogP contribution in [0.5, 0.6) is 5.75 Å². The number of aromatic nitrogens is 1. The van der Waals surface area contributed by atoms with Crippen molar-refractivity contribution in [1.29, 1.82) is 0 Å². The first-order chi connectivity index (χ1) is 16.8. The summed E-state index contributed by atoms with van der Waals surface area (Å²) in [5.74, 6) is -0.281. The normalized spacial score (nSPS) is 23.7. The molecule has 0 radical (unpaired) electrons. The number of carbonyl (C=O) groups is 1. The zero-order valence-corrected chi connectivity index (χ0v) is 20.5. The van der Waals surface area contributed by atoms with Gasteiger partial charge in [-0.3, -0.25) is 15.0 Å². The van der Waals surface area contributed by atoms with Crippen molar-refractivity contribution >= 4 is 26.8 Å². The van der Waals surface area contributed by atoms with Crippen LogP contribution in [0.3, 0.4) is 0 Å². The Kier molecular flexibility index (Phi) is 6.25. The van der Waals surface area contributed by atoms with Crippen LogP contribution in [0.1, 0.15) is 30.5 Å². The molecule has 1 amide bonds. The summed E-state index contributed by atoms with van der Waals surface area (Å²) in [5.41, 5.74) is 4.55. The molecule has 2 aromatic carbocycles. The summed E-state index contributed by atoms with van der Waals surface area (Å²) >= 11 is 0. The summed E-state index contributed by atoms with van der Waals surface area (Å²) in [6, 6.07) is 15.8. The molecule has 4 atom stereocenters. The van der Waals surface area contributed by atoms with Crippen molar-refractivity contribution in [3.63, 3.8) is 0 Å². The van der Waals surface area contributed by atoms with Gasteiger partial charge in [0.05, 0.1) is 16.3 Å². The fourth-order valence-electron chi connectivity index (χ4n) is 5.94. The van der Waals surface area contributed by atoms with E-state index in [1.165, 1.54) is 23.5 Å². The number of rotatable bonds is 7. The van der Waals surface area contributed by atoms with E-state index in [0.717, 1.165) is 41.4 Å². The smallest absolute Gasteiger partial charge is 0.248 e. The van der Waals surface area contributed by atoms with Crippen LogP contribution in [-0.2, 0) is 21.4 Å². The summed E-state index contributed by atoms with van der Waals surface area (Å²) in [4.78, 5) is 17.0. The topological polar surface area (TPSA) is 109 Å². The molecule has 0 unspecified atom stereocenters. The number of pyridine rings is 1. The van der Waals surface area contributed by atoms with Crippen LogP contribution in [0, 0.1) is 24.7 Å². The molecule has 2 saturated carbocycles. The van der Waals surface area contributed by atoms with Gasteiger partial charge in [-0.15, -0.1) is 0 Å². The van der Waals surface area contributed by atoms with Crippen LogP contribution >= 0.6 is 0 Å². The molecule has 0 spiro atoms. The van der Waals surface area contributed by atoms with Gasteiger partial charge < -0.3 is 4.74 Å². The summed E-state index contributed by atoms with van der Waals surface area (Å²) < 4.78 is 34.1. The van der Waals surface area contributed by atoms with Crippen molar-refractivity contribution in [2.24, 2.45) is 17.8 Å². The summed E-state index contributed by atoms with van der Waals surface area (Å²) in [6.07, 6.45) is 2.57. The fraction of sp³-hybridized carbons (Fsp3) is 0.385. The first-order valence-electron chi connectivity index (χ1n) is 11.8. The summed E-state index contributed by atoms with van der Waals surface area (Å²) in [5, 5.41) is 10.2. The van der Waals surface area contributed by atoms with E-state index in [-0.39, 0.29) is 16.7 Å². The van der Waals surface area contributed by atoms with Gasteiger partial charge in [-0.05, 0) is 74.4 Å². The number of amides is 1. The molecule has 2 aliphatic rings. The number of nitrogens with one attached hydrogen (secondary N) is 1. The number of hydrogen-bond acceptors (Lipinski definition) is 6. The van der Waals surface area contributed by atoms with Gasteiger partial charge in [0, 0.05) is 29.7 Å². The number of nitrogens with zero attached hydrogens (tertiary/aromatic N) is 2. The zero-order valence-electron chi connectivity index (χ0n) is 19.7. The molecule has 1 heterocycles. The van der Waals surface area contributed by atoms with E-state index in [1.54, 1.807) is 17.6 Å². The number of sulfonamides is 1. The predicted molar refractivity (Wildman–Crippen MR) is 130 cm³/mol.